The normalized spacial score (nSPS) is 20.8. The first-order valence-electron chi connectivity index (χ1n) is 6.61. The van der Waals surface area contributed by atoms with Gasteiger partial charge < -0.3 is 9.47 Å². The van der Waals surface area contributed by atoms with Gasteiger partial charge in [-0.25, -0.2) is 4.79 Å². The fraction of sp³-hybridized carbons (Fsp3) is 0.467. The van der Waals surface area contributed by atoms with Gasteiger partial charge in [0.25, 0.3) is 5.79 Å². The predicted octanol–water partition coefficient (Wildman–Crippen LogP) is 3.15. The Bertz CT molecular complexity index is 491. The average molecular weight is 262 g/mol. The Morgan fingerprint density at radius 2 is 2.05 bits per heavy atom. The van der Waals surface area contributed by atoms with E-state index in [-0.39, 0.29) is 0 Å². The molecule has 1 aliphatic heterocycles. The average Bonchev–Trinajstić information content (AvgIpc) is 2.63. The molecule has 1 heterocycles. The Hall–Kier alpha value is -1.84. The highest BCUT2D eigenvalue weighted by Gasteiger charge is 2.47. The number of rotatable bonds is 5. The number of carbonyl (C=O) groups is 2. The Balaban J connectivity index is 2.34. The lowest BCUT2D eigenvalue weighted by molar-refractivity contribution is -0.211. The van der Waals surface area contributed by atoms with E-state index in [1.54, 1.807) is 18.2 Å². The van der Waals surface area contributed by atoms with Crippen LogP contribution in [0.4, 0.5) is 0 Å². The van der Waals surface area contributed by atoms with Gasteiger partial charge in [-0.1, -0.05) is 38.0 Å². The van der Waals surface area contributed by atoms with Crippen molar-refractivity contribution in [3.8, 4) is 0 Å². The third-order valence-electron chi connectivity index (χ3n) is 3.23. The van der Waals surface area contributed by atoms with Gasteiger partial charge in [0.05, 0.1) is 11.1 Å². The van der Waals surface area contributed by atoms with Crippen LogP contribution in [0.25, 0.3) is 0 Å². The van der Waals surface area contributed by atoms with E-state index in [1.165, 1.54) is 6.92 Å². The number of esters is 2. The molecule has 4 nitrogen and oxygen atoms in total. The molecule has 1 aromatic carbocycles. The van der Waals surface area contributed by atoms with Gasteiger partial charge in [0, 0.05) is 13.3 Å². The van der Waals surface area contributed by atoms with Crippen molar-refractivity contribution in [1.29, 1.82) is 0 Å². The zero-order chi connectivity index (χ0) is 13.9. The topological polar surface area (TPSA) is 52.6 Å². The molecular formula is C15H18O4. The van der Waals surface area contributed by atoms with Crippen LogP contribution in [0.15, 0.2) is 24.3 Å². The molecule has 0 saturated heterocycles. The van der Waals surface area contributed by atoms with Gasteiger partial charge in [0.15, 0.2) is 0 Å². The Morgan fingerprint density at radius 3 is 2.74 bits per heavy atom. The summed E-state index contributed by atoms with van der Waals surface area (Å²) >= 11 is 0. The van der Waals surface area contributed by atoms with Crippen LogP contribution in [0.1, 0.15) is 55.5 Å². The summed E-state index contributed by atoms with van der Waals surface area (Å²) < 4.78 is 10.8. The van der Waals surface area contributed by atoms with Crippen molar-refractivity contribution in [2.75, 3.05) is 0 Å². The molecule has 0 aromatic heterocycles. The summed E-state index contributed by atoms with van der Waals surface area (Å²) in [6, 6.07) is 7.08. The third-order valence-corrected chi connectivity index (χ3v) is 3.23. The van der Waals surface area contributed by atoms with Crippen molar-refractivity contribution in [3.63, 3.8) is 0 Å². The Labute approximate surface area is 112 Å². The monoisotopic (exact) mass is 262 g/mol. The number of benzene rings is 1. The van der Waals surface area contributed by atoms with Crippen molar-refractivity contribution in [3.05, 3.63) is 35.4 Å². The highest BCUT2D eigenvalue weighted by atomic mass is 16.7. The highest BCUT2D eigenvalue weighted by Crippen LogP contribution is 2.41. The minimum atomic E-state index is -1.23. The van der Waals surface area contributed by atoms with Crippen molar-refractivity contribution >= 4 is 11.9 Å². The van der Waals surface area contributed by atoms with Crippen LogP contribution >= 0.6 is 0 Å². The molecule has 0 saturated carbocycles. The molecule has 0 N–H and O–H groups in total. The maximum atomic E-state index is 11.9. The maximum absolute atomic E-state index is 11.9. The van der Waals surface area contributed by atoms with Gasteiger partial charge in [-0.3, -0.25) is 4.79 Å². The van der Waals surface area contributed by atoms with Gasteiger partial charge in [-0.05, 0) is 12.5 Å². The van der Waals surface area contributed by atoms with Gasteiger partial charge >= 0.3 is 11.9 Å². The van der Waals surface area contributed by atoms with E-state index in [0.717, 1.165) is 19.3 Å². The van der Waals surface area contributed by atoms with E-state index < -0.39 is 17.7 Å². The molecule has 1 unspecified atom stereocenters. The van der Waals surface area contributed by atoms with Gasteiger partial charge in [-0.15, -0.1) is 0 Å². The molecule has 2 rings (SSSR count). The third kappa shape index (κ3) is 2.62. The zero-order valence-corrected chi connectivity index (χ0v) is 11.3. The van der Waals surface area contributed by atoms with Crippen LogP contribution in [-0.4, -0.2) is 11.9 Å². The van der Waals surface area contributed by atoms with Crippen molar-refractivity contribution in [2.45, 2.75) is 45.3 Å². The summed E-state index contributed by atoms with van der Waals surface area (Å²) in [6.45, 7) is 3.42. The molecule has 102 valence electrons. The van der Waals surface area contributed by atoms with Crippen LogP contribution in [0.2, 0.25) is 0 Å². The number of ether oxygens (including phenoxy) is 2. The van der Waals surface area contributed by atoms with Crippen LogP contribution < -0.4 is 0 Å². The highest BCUT2D eigenvalue weighted by molar-refractivity contribution is 5.94. The van der Waals surface area contributed by atoms with E-state index in [9.17, 15) is 9.59 Å². The van der Waals surface area contributed by atoms with Gasteiger partial charge in [0.2, 0.25) is 0 Å². The molecular weight excluding hydrogens is 244 g/mol. The number of carbonyl (C=O) groups excluding carboxylic acids is 2. The number of cyclic esters (lactones) is 1. The van der Waals surface area contributed by atoms with E-state index in [2.05, 4.69) is 6.92 Å². The zero-order valence-electron chi connectivity index (χ0n) is 11.3. The molecule has 0 bridgehead atoms. The van der Waals surface area contributed by atoms with Crippen LogP contribution in [0.5, 0.6) is 0 Å². The summed E-state index contributed by atoms with van der Waals surface area (Å²) in [6.07, 6.45) is 3.39. The van der Waals surface area contributed by atoms with E-state index in [0.29, 0.717) is 17.5 Å². The first-order valence-corrected chi connectivity index (χ1v) is 6.61. The second-order valence-electron chi connectivity index (χ2n) is 4.74. The van der Waals surface area contributed by atoms with E-state index in [1.807, 2.05) is 6.07 Å². The quantitative estimate of drug-likeness (QED) is 0.604. The molecule has 19 heavy (non-hydrogen) atoms. The predicted molar refractivity (Wildman–Crippen MR) is 69.4 cm³/mol. The minimum Gasteiger partial charge on any atom is -0.418 e. The second-order valence-corrected chi connectivity index (χ2v) is 4.74. The lowest BCUT2D eigenvalue weighted by Gasteiger charge is -2.27. The molecule has 0 radical (unpaired) electrons. The summed E-state index contributed by atoms with van der Waals surface area (Å²) in [5, 5.41) is 0. The fourth-order valence-corrected chi connectivity index (χ4v) is 2.41. The largest absolute Gasteiger partial charge is 0.418 e. The number of unbranched alkanes of at least 4 members (excludes halogenated alkanes) is 2. The smallest absolute Gasteiger partial charge is 0.342 e. The summed E-state index contributed by atoms with van der Waals surface area (Å²) in [7, 11) is 0. The van der Waals surface area contributed by atoms with Gasteiger partial charge in [-0.2, -0.15) is 0 Å². The second kappa shape index (κ2) is 5.43. The lowest BCUT2D eigenvalue weighted by atomic mass is 9.97. The number of hydrogen-bond donors (Lipinski definition) is 0. The standard InChI is InChI=1S/C15H18O4/c1-3-4-7-10-15(18-11(2)16)13-9-6-5-8-12(13)14(17)19-15/h5-6,8-9H,3-4,7,10H2,1-2H3. The van der Waals surface area contributed by atoms with Crippen molar-refractivity contribution in [1.82, 2.24) is 0 Å². The molecule has 0 amide bonds. The Kier molecular flexibility index (Phi) is 3.88. The first-order chi connectivity index (χ1) is 9.09. The fourth-order valence-electron chi connectivity index (χ4n) is 2.41. The molecule has 0 aliphatic carbocycles. The molecule has 1 aliphatic rings. The lowest BCUT2D eigenvalue weighted by Crippen LogP contribution is -2.32. The molecule has 4 heteroatoms. The summed E-state index contributed by atoms with van der Waals surface area (Å²) in [4.78, 5) is 23.2. The number of fused-ring (bicyclic) bond motifs is 1. The van der Waals surface area contributed by atoms with Gasteiger partial charge in [0.1, 0.15) is 0 Å². The molecule has 0 spiro atoms. The Morgan fingerprint density at radius 1 is 1.32 bits per heavy atom. The van der Waals surface area contributed by atoms with Crippen LogP contribution in [0, 0.1) is 0 Å². The number of hydrogen-bond acceptors (Lipinski definition) is 4. The first kappa shape index (κ1) is 13.6. The van der Waals surface area contributed by atoms with Crippen molar-refractivity contribution in [2.24, 2.45) is 0 Å². The SMILES string of the molecule is CCCCCC1(OC(C)=O)OC(=O)c2ccccc21. The van der Waals surface area contributed by atoms with Crippen LogP contribution in [0.3, 0.4) is 0 Å². The summed E-state index contributed by atoms with van der Waals surface area (Å²) in [5.74, 6) is -2.09. The molecule has 1 atom stereocenters. The van der Waals surface area contributed by atoms with E-state index >= 15 is 0 Å². The summed E-state index contributed by atoms with van der Waals surface area (Å²) in [5.41, 5.74) is 1.14. The molecule has 1 aromatic rings. The molecule has 0 fully saturated rings. The van der Waals surface area contributed by atoms with E-state index in [4.69, 9.17) is 9.47 Å². The van der Waals surface area contributed by atoms with Crippen molar-refractivity contribution < 1.29 is 19.1 Å². The van der Waals surface area contributed by atoms with Crippen LogP contribution in [-0.2, 0) is 20.1 Å². The maximum Gasteiger partial charge on any atom is 0.342 e. The minimum absolute atomic E-state index is 0.423.